The quantitative estimate of drug-likeness (QED) is 0.725. The average molecular weight is 419 g/mol. The maximum atomic E-state index is 12.4. The van der Waals surface area contributed by atoms with Crippen LogP contribution < -0.4 is 5.32 Å². The van der Waals surface area contributed by atoms with Crippen LogP contribution in [0.1, 0.15) is 18.4 Å². The second-order valence-electron chi connectivity index (χ2n) is 7.65. The standard InChI is InChI=1S/C21H30N4O3S/c1-17-4-6-18(7-5-17)22-19(26)15-29-16-21(28)25-12-10-23(11-13-25)14-20(27)24-8-2-3-9-24/h4-7H,2-3,8-16H2,1H3,(H,22,26). The third kappa shape index (κ3) is 6.75. The second-order valence-corrected chi connectivity index (χ2v) is 8.64. The number of carbonyl (C=O) groups excluding carboxylic acids is 3. The Bertz CT molecular complexity index is 711. The molecule has 8 heteroatoms. The molecule has 3 rings (SSSR count). The van der Waals surface area contributed by atoms with Crippen LogP contribution in [0.5, 0.6) is 0 Å². The Morgan fingerprint density at radius 1 is 0.862 bits per heavy atom. The first-order chi connectivity index (χ1) is 14.0. The highest BCUT2D eigenvalue weighted by Crippen LogP contribution is 2.12. The lowest BCUT2D eigenvalue weighted by atomic mass is 10.2. The Kier molecular flexibility index (Phi) is 7.94. The molecular weight excluding hydrogens is 388 g/mol. The van der Waals surface area contributed by atoms with Crippen molar-refractivity contribution in [3.63, 3.8) is 0 Å². The number of amides is 3. The fourth-order valence-corrected chi connectivity index (χ4v) is 4.29. The molecule has 7 nitrogen and oxygen atoms in total. The topological polar surface area (TPSA) is 73.0 Å². The summed E-state index contributed by atoms with van der Waals surface area (Å²) in [6.45, 7) is 6.95. The molecule has 2 aliphatic rings. The van der Waals surface area contributed by atoms with Gasteiger partial charge in [0.05, 0.1) is 18.1 Å². The number of thioether (sulfide) groups is 1. The molecule has 2 fully saturated rings. The largest absolute Gasteiger partial charge is 0.342 e. The molecule has 0 radical (unpaired) electrons. The van der Waals surface area contributed by atoms with Gasteiger partial charge in [0.1, 0.15) is 0 Å². The van der Waals surface area contributed by atoms with Gasteiger partial charge in [0.2, 0.25) is 17.7 Å². The summed E-state index contributed by atoms with van der Waals surface area (Å²) in [5.41, 5.74) is 1.91. The van der Waals surface area contributed by atoms with E-state index >= 15 is 0 Å². The number of nitrogens with one attached hydrogen (secondary N) is 1. The number of anilines is 1. The predicted octanol–water partition coefficient (Wildman–Crippen LogP) is 1.43. The molecule has 0 atom stereocenters. The van der Waals surface area contributed by atoms with Gasteiger partial charge in [-0.2, -0.15) is 0 Å². The van der Waals surface area contributed by atoms with Crippen molar-refractivity contribution in [2.24, 2.45) is 0 Å². The van der Waals surface area contributed by atoms with Crippen LogP contribution >= 0.6 is 11.8 Å². The first-order valence-electron chi connectivity index (χ1n) is 10.2. The molecule has 0 unspecified atom stereocenters. The van der Waals surface area contributed by atoms with E-state index in [2.05, 4.69) is 10.2 Å². The molecule has 3 amide bonds. The van der Waals surface area contributed by atoms with Crippen molar-refractivity contribution in [2.75, 3.05) is 62.6 Å². The number of hydrogen-bond donors (Lipinski definition) is 1. The van der Waals surface area contributed by atoms with Crippen molar-refractivity contribution in [2.45, 2.75) is 19.8 Å². The number of aryl methyl sites for hydroxylation is 1. The van der Waals surface area contributed by atoms with Crippen molar-refractivity contribution in [3.8, 4) is 0 Å². The summed E-state index contributed by atoms with van der Waals surface area (Å²) in [5.74, 6) is 0.718. The average Bonchev–Trinajstić information content (AvgIpc) is 3.25. The monoisotopic (exact) mass is 418 g/mol. The van der Waals surface area contributed by atoms with Gasteiger partial charge < -0.3 is 15.1 Å². The zero-order chi connectivity index (χ0) is 20.6. The molecule has 0 bridgehead atoms. The molecule has 1 aromatic rings. The predicted molar refractivity (Wildman–Crippen MR) is 116 cm³/mol. The summed E-state index contributed by atoms with van der Waals surface area (Å²) in [5, 5.41) is 2.84. The maximum Gasteiger partial charge on any atom is 0.236 e. The number of rotatable bonds is 7. The van der Waals surface area contributed by atoms with E-state index in [4.69, 9.17) is 0 Å². The van der Waals surface area contributed by atoms with E-state index in [1.54, 1.807) is 0 Å². The minimum absolute atomic E-state index is 0.0589. The van der Waals surface area contributed by atoms with Gasteiger partial charge in [0.25, 0.3) is 0 Å². The summed E-state index contributed by atoms with van der Waals surface area (Å²) < 4.78 is 0. The van der Waals surface area contributed by atoms with E-state index < -0.39 is 0 Å². The molecule has 2 heterocycles. The molecule has 2 saturated heterocycles. The van der Waals surface area contributed by atoms with E-state index in [0.29, 0.717) is 25.4 Å². The van der Waals surface area contributed by atoms with E-state index in [9.17, 15) is 14.4 Å². The lowest BCUT2D eigenvalue weighted by Gasteiger charge is -2.35. The maximum absolute atomic E-state index is 12.4. The molecule has 0 spiro atoms. The molecule has 2 aliphatic heterocycles. The Balaban J connectivity index is 1.30. The fourth-order valence-electron chi connectivity index (χ4n) is 3.57. The minimum Gasteiger partial charge on any atom is -0.342 e. The summed E-state index contributed by atoms with van der Waals surface area (Å²) in [4.78, 5) is 42.6. The Labute approximate surface area is 176 Å². The first-order valence-corrected chi connectivity index (χ1v) is 11.4. The van der Waals surface area contributed by atoms with Gasteiger partial charge in [-0.25, -0.2) is 0 Å². The molecule has 158 valence electrons. The SMILES string of the molecule is Cc1ccc(NC(=O)CSCC(=O)N2CCN(CC(=O)N3CCCC3)CC2)cc1. The lowest BCUT2D eigenvalue weighted by Crippen LogP contribution is -2.51. The highest BCUT2D eigenvalue weighted by molar-refractivity contribution is 8.00. The third-order valence-corrected chi connectivity index (χ3v) is 6.25. The van der Waals surface area contributed by atoms with E-state index in [1.165, 1.54) is 11.8 Å². The minimum atomic E-state index is -0.100. The smallest absolute Gasteiger partial charge is 0.236 e. The van der Waals surface area contributed by atoms with E-state index in [1.807, 2.05) is 41.0 Å². The zero-order valence-corrected chi connectivity index (χ0v) is 17.9. The van der Waals surface area contributed by atoms with Gasteiger partial charge in [-0.1, -0.05) is 17.7 Å². The van der Waals surface area contributed by atoms with Gasteiger partial charge in [0, 0.05) is 45.0 Å². The van der Waals surface area contributed by atoms with Crippen molar-refractivity contribution in [1.82, 2.24) is 14.7 Å². The van der Waals surface area contributed by atoms with Crippen LogP contribution in [0.4, 0.5) is 5.69 Å². The Morgan fingerprint density at radius 2 is 1.48 bits per heavy atom. The number of hydrogen-bond acceptors (Lipinski definition) is 5. The molecule has 1 N–H and O–H groups in total. The molecule has 0 aliphatic carbocycles. The fraction of sp³-hybridized carbons (Fsp3) is 0.571. The van der Waals surface area contributed by atoms with Crippen LogP contribution in [-0.4, -0.2) is 89.7 Å². The summed E-state index contributed by atoms with van der Waals surface area (Å²) in [7, 11) is 0. The van der Waals surface area contributed by atoms with Crippen LogP contribution in [0.15, 0.2) is 24.3 Å². The normalized spacial score (nSPS) is 17.4. The molecule has 29 heavy (non-hydrogen) atoms. The highest BCUT2D eigenvalue weighted by Gasteiger charge is 2.25. The summed E-state index contributed by atoms with van der Waals surface area (Å²) >= 11 is 1.34. The van der Waals surface area contributed by atoms with Crippen molar-refractivity contribution in [1.29, 1.82) is 0 Å². The number of piperazine rings is 1. The third-order valence-electron chi connectivity index (χ3n) is 5.34. The summed E-state index contributed by atoms with van der Waals surface area (Å²) in [6.07, 6.45) is 2.21. The number of nitrogens with zero attached hydrogens (tertiary/aromatic N) is 3. The Morgan fingerprint density at radius 3 is 2.14 bits per heavy atom. The van der Waals surface area contributed by atoms with Gasteiger partial charge in [-0.3, -0.25) is 19.3 Å². The van der Waals surface area contributed by atoms with Crippen LogP contribution in [0, 0.1) is 6.92 Å². The number of carbonyl (C=O) groups is 3. The molecule has 0 saturated carbocycles. The van der Waals surface area contributed by atoms with Crippen molar-refractivity contribution < 1.29 is 14.4 Å². The van der Waals surface area contributed by atoms with Gasteiger partial charge >= 0.3 is 0 Å². The van der Waals surface area contributed by atoms with Crippen molar-refractivity contribution >= 4 is 35.2 Å². The van der Waals surface area contributed by atoms with Gasteiger partial charge in [0.15, 0.2) is 0 Å². The van der Waals surface area contributed by atoms with Gasteiger partial charge in [-0.15, -0.1) is 11.8 Å². The van der Waals surface area contributed by atoms with Gasteiger partial charge in [-0.05, 0) is 31.9 Å². The van der Waals surface area contributed by atoms with E-state index in [-0.39, 0.29) is 23.5 Å². The molecular formula is C21H30N4O3S. The van der Waals surface area contributed by atoms with Crippen LogP contribution in [0.2, 0.25) is 0 Å². The van der Waals surface area contributed by atoms with Crippen LogP contribution in [0.3, 0.4) is 0 Å². The van der Waals surface area contributed by atoms with Crippen molar-refractivity contribution in [3.05, 3.63) is 29.8 Å². The van der Waals surface area contributed by atoms with Crippen LogP contribution in [0.25, 0.3) is 0 Å². The number of likely N-dealkylation sites (tertiary alicyclic amines) is 1. The molecule has 0 aromatic heterocycles. The summed E-state index contributed by atoms with van der Waals surface area (Å²) in [6, 6.07) is 7.64. The van der Waals surface area contributed by atoms with Crippen LogP contribution in [-0.2, 0) is 14.4 Å². The Hall–Kier alpha value is -2.06. The lowest BCUT2D eigenvalue weighted by molar-refractivity contribution is -0.133. The zero-order valence-electron chi connectivity index (χ0n) is 17.1. The van der Waals surface area contributed by atoms with E-state index in [0.717, 1.165) is 50.3 Å². The first kappa shape index (κ1) is 21.6. The second kappa shape index (κ2) is 10.6. The highest BCUT2D eigenvalue weighted by atomic mass is 32.2. The number of benzene rings is 1. The molecule has 1 aromatic carbocycles.